The van der Waals surface area contributed by atoms with Gasteiger partial charge >= 0.3 is 0 Å². The molecule has 0 aliphatic rings. The van der Waals surface area contributed by atoms with Crippen LogP contribution in [0.25, 0.3) is 43.7 Å². The standard InChI is InChI=1S/C32H29Si/c1-32(2,3)33-30(26-20-12-6-13-21-26)28(24-16-8-4-9-17-24)29(25-18-10-5-11-19-25)31(33)27-22-14-7-15-23-27/h4-23H,1-3H3/q-1. The van der Waals surface area contributed by atoms with Crippen molar-refractivity contribution in [1.29, 1.82) is 0 Å². The molecule has 0 nitrogen and oxygen atoms in total. The molecule has 1 aromatic heterocycles. The summed E-state index contributed by atoms with van der Waals surface area (Å²) in [4.78, 5) is 0. The molecule has 0 amide bonds. The van der Waals surface area contributed by atoms with Gasteiger partial charge in [-0.15, -0.1) is 5.04 Å². The first-order chi connectivity index (χ1) is 16.1. The molecule has 4 aromatic carbocycles. The molecule has 0 unspecified atom stereocenters. The maximum absolute atomic E-state index is 2.42. The molecular formula is C32H29Si-. The molecule has 0 N–H and O–H groups in total. The molecular weight excluding hydrogens is 412 g/mol. The van der Waals surface area contributed by atoms with E-state index in [1.807, 2.05) is 0 Å². The molecule has 1 heterocycles. The molecule has 0 radical (unpaired) electrons. The summed E-state index contributed by atoms with van der Waals surface area (Å²) in [5.41, 5.74) is 8.09. The van der Waals surface area contributed by atoms with E-state index in [2.05, 4.69) is 142 Å². The third-order valence-electron chi connectivity index (χ3n) is 6.25. The van der Waals surface area contributed by atoms with Gasteiger partial charge in [0.2, 0.25) is 0 Å². The lowest BCUT2D eigenvalue weighted by atomic mass is 9.91. The van der Waals surface area contributed by atoms with Crippen molar-refractivity contribution in [1.82, 2.24) is 0 Å². The fourth-order valence-corrected chi connectivity index (χ4v) is 8.65. The van der Waals surface area contributed by atoms with Gasteiger partial charge in [0.1, 0.15) is 0 Å². The van der Waals surface area contributed by atoms with E-state index in [9.17, 15) is 0 Å². The minimum absolute atomic E-state index is 0.136. The average molecular weight is 442 g/mol. The van der Waals surface area contributed by atoms with Crippen LogP contribution in [0.3, 0.4) is 0 Å². The Morgan fingerprint density at radius 3 is 0.939 bits per heavy atom. The molecule has 0 aliphatic carbocycles. The van der Waals surface area contributed by atoms with Crippen molar-refractivity contribution in [3.8, 4) is 43.7 Å². The maximum atomic E-state index is 2.42. The molecule has 0 fully saturated rings. The first kappa shape index (κ1) is 21.4. The van der Waals surface area contributed by atoms with Crippen LogP contribution < -0.4 is 0 Å². The fourth-order valence-electron chi connectivity index (χ4n) is 4.95. The summed E-state index contributed by atoms with van der Waals surface area (Å²) in [5, 5.41) is 3.19. The topological polar surface area (TPSA) is 0 Å². The second-order valence-corrected chi connectivity index (χ2v) is 12.8. The summed E-state index contributed by atoms with van der Waals surface area (Å²) in [6.07, 6.45) is 0. The van der Waals surface area contributed by atoms with Gasteiger partial charge in [-0.05, 0) is 22.3 Å². The van der Waals surface area contributed by atoms with Gasteiger partial charge in [0.15, 0.2) is 0 Å². The molecule has 0 saturated heterocycles. The van der Waals surface area contributed by atoms with Crippen LogP contribution in [0.2, 0.25) is 0 Å². The zero-order valence-corrected chi connectivity index (χ0v) is 20.5. The van der Waals surface area contributed by atoms with E-state index in [1.165, 1.54) is 43.7 Å². The van der Waals surface area contributed by atoms with Crippen molar-refractivity contribution < 1.29 is 0 Å². The van der Waals surface area contributed by atoms with E-state index in [-0.39, 0.29) is 5.04 Å². The molecule has 0 saturated carbocycles. The van der Waals surface area contributed by atoms with Crippen LogP contribution in [0.1, 0.15) is 20.8 Å². The summed E-state index contributed by atoms with van der Waals surface area (Å²) in [7, 11) is -1.14. The van der Waals surface area contributed by atoms with Gasteiger partial charge < -0.3 is 0 Å². The second-order valence-electron chi connectivity index (χ2n) is 9.59. The molecule has 0 bridgehead atoms. The van der Waals surface area contributed by atoms with Crippen LogP contribution in [-0.4, -0.2) is 8.40 Å². The minimum atomic E-state index is -1.14. The Labute approximate surface area is 199 Å². The number of rotatable bonds is 4. The highest BCUT2D eigenvalue weighted by molar-refractivity contribution is 6.73. The van der Waals surface area contributed by atoms with Crippen molar-refractivity contribution in [2.24, 2.45) is 0 Å². The van der Waals surface area contributed by atoms with Crippen LogP contribution in [-0.2, 0) is 5.04 Å². The average Bonchev–Trinajstić information content (AvgIpc) is 3.23. The van der Waals surface area contributed by atoms with Crippen molar-refractivity contribution in [3.05, 3.63) is 121 Å². The zero-order chi connectivity index (χ0) is 22.8. The van der Waals surface area contributed by atoms with Crippen LogP contribution in [0.15, 0.2) is 121 Å². The van der Waals surface area contributed by atoms with Gasteiger partial charge in [0.05, 0.1) is 0 Å². The predicted molar refractivity (Wildman–Crippen MR) is 145 cm³/mol. The summed E-state index contributed by atoms with van der Waals surface area (Å²) in [6, 6.07) is 44.1. The summed E-state index contributed by atoms with van der Waals surface area (Å²) < 4.78 is 0. The highest BCUT2D eigenvalue weighted by Gasteiger charge is 2.23. The fraction of sp³-hybridized carbons (Fsp3) is 0.125. The molecule has 0 aliphatic heterocycles. The van der Waals surface area contributed by atoms with Gasteiger partial charge in [-0.3, -0.25) is 0 Å². The van der Waals surface area contributed by atoms with E-state index in [4.69, 9.17) is 0 Å². The van der Waals surface area contributed by atoms with Crippen LogP contribution >= 0.6 is 0 Å². The Hall–Kier alpha value is -3.42. The lowest BCUT2D eigenvalue weighted by molar-refractivity contribution is 0.697. The highest BCUT2D eigenvalue weighted by Crippen LogP contribution is 2.50. The smallest absolute Gasteiger partial charge is 0.0205 e. The molecule has 162 valence electrons. The van der Waals surface area contributed by atoms with Crippen molar-refractivity contribution in [2.75, 3.05) is 0 Å². The lowest BCUT2D eigenvalue weighted by Gasteiger charge is -2.37. The highest BCUT2D eigenvalue weighted by atomic mass is 28.2. The van der Waals surface area contributed by atoms with E-state index < -0.39 is 8.40 Å². The Kier molecular flexibility index (Phi) is 5.74. The third-order valence-corrected chi connectivity index (χ3v) is 9.83. The van der Waals surface area contributed by atoms with Crippen LogP contribution in [0.4, 0.5) is 0 Å². The lowest BCUT2D eigenvalue weighted by Crippen LogP contribution is -2.25. The Balaban J connectivity index is 2.03. The third kappa shape index (κ3) is 4.05. The van der Waals surface area contributed by atoms with Gasteiger partial charge in [-0.1, -0.05) is 153 Å². The van der Waals surface area contributed by atoms with E-state index in [1.54, 1.807) is 0 Å². The first-order valence-electron chi connectivity index (χ1n) is 11.6. The maximum Gasteiger partial charge on any atom is -0.0205 e. The van der Waals surface area contributed by atoms with Crippen LogP contribution in [0.5, 0.6) is 0 Å². The second kappa shape index (κ2) is 8.84. The van der Waals surface area contributed by atoms with Gasteiger partial charge in [-0.2, -0.15) is 10.3 Å². The normalized spacial score (nSPS) is 11.5. The number of hydrogen-bond acceptors (Lipinski definition) is 0. The van der Waals surface area contributed by atoms with E-state index in [0.717, 1.165) is 0 Å². The molecule has 5 aromatic rings. The van der Waals surface area contributed by atoms with Gasteiger partial charge in [0, 0.05) is 0 Å². The van der Waals surface area contributed by atoms with Crippen molar-refractivity contribution >= 4 is 8.40 Å². The Morgan fingerprint density at radius 2 is 0.667 bits per heavy atom. The largest absolute Gasteiger partial charge is 0.242 e. The number of benzene rings is 4. The molecule has 0 spiro atoms. The minimum Gasteiger partial charge on any atom is -0.242 e. The molecule has 0 atom stereocenters. The van der Waals surface area contributed by atoms with Crippen molar-refractivity contribution in [2.45, 2.75) is 25.8 Å². The van der Waals surface area contributed by atoms with Gasteiger partial charge in [-0.25, -0.2) is 8.40 Å². The van der Waals surface area contributed by atoms with E-state index in [0.29, 0.717) is 0 Å². The summed E-state index contributed by atoms with van der Waals surface area (Å²) in [6.45, 7) is 7.26. The van der Waals surface area contributed by atoms with Gasteiger partial charge in [0.25, 0.3) is 0 Å². The SMILES string of the molecule is CC(C)(C)[si-]1c(-c2ccccc2)c(-c2ccccc2)c(-c2ccccc2)c1-c1ccccc1. The molecule has 1 heteroatoms. The Morgan fingerprint density at radius 1 is 0.394 bits per heavy atom. The monoisotopic (exact) mass is 441 g/mol. The Bertz CT molecular complexity index is 1240. The zero-order valence-electron chi connectivity index (χ0n) is 19.5. The summed E-state index contributed by atoms with van der Waals surface area (Å²) in [5.74, 6) is 0. The predicted octanol–water partition coefficient (Wildman–Crippen LogP) is 8.85. The van der Waals surface area contributed by atoms with Crippen LogP contribution in [0, 0.1) is 0 Å². The first-order valence-corrected chi connectivity index (χ1v) is 13.1. The van der Waals surface area contributed by atoms with E-state index >= 15 is 0 Å². The molecule has 33 heavy (non-hydrogen) atoms. The molecule has 5 rings (SSSR count). The quantitative estimate of drug-likeness (QED) is 0.244. The number of hydrogen-bond donors (Lipinski definition) is 0. The summed E-state index contributed by atoms with van der Waals surface area (Å²) >= 11 is 0. The van der Waals surface area contributed by atoms with Crippen molar-refractivity contribution in [3.63, 3.8) is 0 Å².